The van der Waals surface area contributed by atoms with Gasteiger partial charge < -0.3 is 0 Å². The van der Waals surface area contributed by atoms with Gasteiger partial charge in [-0.25, -0.2) is 0 Å². The molecular weight excluding hydrogens is 646 g/mol. The molecule has 0 atom stereocenters. The summed E-state index contributed by atoms with van der Waals surface area (Å²) in [4.78, 5) is 0. The molecule has 6 rings (SSSR count). The Bertz CT molecular complexity index is 1720. The Balaban J connectivity index is 1.80. The fourth-order valence-electron chi connectivity index (χ4n) is 5.56. The topological polar surface area (TPSA) is 9.23 Å². The van der Waals surface area contributed by atoms with Crippen LogP contribution in [0, 0.1) is 0 Å². The van der Waals surface area contributed by atoms with Crippen molar-refractivity contribution in [2.45, 2.75) is 26.4 Å². The maximum absolute atomic E-state index is 6.98. The summed E-state index contributed by atoms with van der Waals surface area (Å²) in [6, 6.07) is 60.1. The molecule has 0 amide bonds. The second-order valence-electron chi connectivity index (χ2n) is 11.6. The summed E-state index contributed by atoms with van der Waals surface area (Å²) in [5.74, 6) is 0. The Kier molecular flexibility index (Phi) is 8.87. The van der Waals surface area contributed by atoms with Crippen molar-refractivity contribution < 1.29 is 3.73 Å². The summed E-state index contributed by atoms with van der Waals surface area (Å²) in [6.07, 6.45) is 0. The van der Waals surface area contributed by atoms with Gasteiger partial charge in [0.2, 0.25) is 0 Å². The summed E-state index contributed by atoms with van der Waals surface area (Å²) < 4.78 is 11.2. The average Bonchev–Trinajstić information content (AvgIpc) is 3.06. The molecule has 0 bridgehead atoms. The van der Waals surface area contributed by atoms with Gasteiger partial charge in [0.25, 0.3) is 0 Å². The minimum absolute atomic E-state index is 0.241. The maximum atomic E-state index is 6.98. The Hall–Kier alpha value is -3.60. The molecule has 0 heterocycles. The van der Waals surface area contributed by atoms with Gasteiger partial charge in [-0.15, -0.1) is 0 Å². The van der Waals surface area contributed by atoms with Gasteiger partial charge in [-0.1, -0.05) is 0 Å². The van der Waals surface area contributed by atoms with E-state index >= 15 is 0 Å². The van der Waals surface area contributed by atoms with E-state index in [9.17, 15) is 0 Å². The first-order chi connectivity index (χ1) is 21.0. The predicted octanol–water partition coefficient (Wildman–Crippen LogP) is 8.09. The fraction of sp³-hybridized carbons (Fsp3) is 0.100. The Morgan fingerprint density at radius 2 is 0.837 bits per heavy atom. The molecule has 212 valence electrons. The summed E-state index contributed by atoms with van der Waals surface area (Å²) in [5, 5.41) is 0. The molecule has 0 aliphatic rings. The molecule has 0 aliphatic heterocycles. The van der Waals surface area contributed by atoms with Crippen molar-refractivity contribution in [3.05, 3.63) is 164 Å². The van der Waals surface area contributed by atoms with E-state index in [1.807, 2.05) is 0 Å². The van der Waals surface area contributed by atoms with E-state index in [-0.39, 0.29) is 5.60 Å². The second kappa shape index (κ2) is 12.9. The molecule has 0 unspecified atom stereocenters. The van der Waals surface area contributed by atoms with E-state index in [1.165, 1.54) is 46.4 Å². The van der Waals surface area contributed by atoms with Gasteiger partial charge in [-0.3, -0.25) is 0 Å². The van der Waals surface area contributed by atoms with Gasteiger partial charge in [0.1, 0.15) is 0 Å². The normalized spacial score (nSPS) is 12.1. The van der Waals surface area contributed by atoms with Crippen molar-refractivity contribution in [3.8, 4) is 33.4 Å². The number of benzene rings is 6. The number of hydrogen-bond donors (Lipinski definition) is 0. The van der Waals surface area contributed by atoms with Gasteiger partial charge in [0.05, 0.1) is 0 Å². The Labute approximate surface area is 264 Å². The zero-order chi connectivity index (χ0) is 29.7. The van der Waals surface area contributed by atoms with E-state index in [0.29, 0.717) is 0 Å². The third kappa shape index (κ3) is 6.22. The molecule has 0 saturated carbocycles. The van der Waals surface area contributed by atoms with Crippen molar-refractivity contribution in [3.63, 3.8) is 0 Å². The molecule has 6 aromatic rings. The van der Waals surface area contributed by atoms with Crippen LogP contribution in [0.2, 0.25) is 0 Å². The summed E-state index contributed by atoms with van der Waals surface area (Å²) >= 11 is -3.73. The van der Waals surface area contributed by atoms with E-state index in [1.54, 1.807) is 0 Å². The van der Waals surface area contributed by atoms with Gasteiger partial charge in [0, 0.05) is 0 Å². The first kappa shape index (κ1) is 29.5. The Morgan fingerprint density at radius 1 is 0.442 bits per heavy atom. The van der Waals surface area contributed by atoms with Crippen LogP contribution in [-0.4, -0.2) is 31.1 Å². The second-order valence-corrected chi connectivity index (χ2v) is 26.5. The van der Waals surface area contributed by atoms with E-state index in [4.69, 9.17) is 3.73 Å². The van der Waals surface area contributed by atoms with Crippen LogP contribution in [0.15, 0.2) is 164 Å². The van der Waals surface area contributed by atoms with Crippen LogP contribution in [0.25, 0.3) is 33.4 Å². The van der Waals surface area contributed by atoms with Crippen molar-refractivity contribution in [1.82, 2.24) is 0 Å². The molecule has 0 N–H and O–H groups in total. The molecule has 6 aromatic carbocycles. The van der Waals surface area contributed by atoms with Crippen molar-refractivity contribution in [2.24, 2.45) is 0 Å². The number of hydrogen-bond acceptors (Lipinski definition) is 1. The molecule has 0 spiro atoms. The first-order valence-electron chi connectivity index (χ1n) is 14.7. The van der Waals surface area contributed by atoms with Gasteiger partial charge in [-0.2, -0.15) is 0 Å². The van der Waals surface area contributed by atoms with Crippen molar-refractivity contribution in [1.29, 1.82) is 0 Å². The average molecular weight is 683 g/mol. The van der Waals surface area contributed by atoms with E-state index in [0.717, 1.165) is 0 Å². The summed E-state index contributed by atoms with van der Waals surface area (Å²) in [6.45, 7) is 6.57. The van der Waals surface area contributed by atoms with Crippen LogP contribution < -0.4 is 13.1 Å². The van der Waals surface area contributed by atoms with Crippen molar-refractivity contribution >= 4 is 38.6 Å². The monoisotopic (exact) mass is 682 g/mol. The van der Waals surface area contributed by atoms with Crippen LogP contribution in [-0.2, 0) is 3.73 Å². The zero-order valence-corrected chi connectivity index (χ0v) is 28.6. The molecular formula is C40H36As2O. The predicted molar refractivity (Wildman–Crippen MR) is 187 cm³/mol. The summed E-state index contributed by atoms with van der Waals surface area (Å²) in [5.41, 5.74) is 7.30. The molecule has 0 aromatic heterocycles. The summed E-state index contributed by atoms with van der Waals surface area (Å²) in [7, 11) is 0. The molecule has 0 aliphatic carbocycles. The Morgan fingerprint density at radius 3 is 1.28 bits per heavy atom. The molecule has 2 radical (unpaired) electrons. The SMILES string of the molecule is CC(C)(C)O[As][As](c1ccccc1)(c1ccccc1)c1ccc(-c2ccccc2)c(-c2ccccc2)c1-c1ccccc1. The van der Waals surface area contributed by atoms with E-state index < -0.39 is 25.5 Å². The fourth-order valence-corrected chi connectivity index (χ4v) is 24.8. The molecule has 0 fully saturated rings. The van der Waals surface area contributed by atoms with Crippen LogP contribution in [0.5, 0.6) is 0 Å². The first-order valence-corrected chi connectivity index (χ1v) is 23.5. The number of rotatable bonds is 8. The van der Waals surface area contributed by atoms with Crippen molar-refractivity contribution in [2.75, 3.05) is 0 Å². The van der Waals surface area contributed by atoms with Gasteiger partial charge in [0.15, 0.2) is 0 Å². The third-order valence-electron chi connectivity index (χ3n) is 7.44. The zero-order valence-electron chi connectivity index (χ0n) is 24.9. The van der Waals surface area contributed by atoms with Gasteiger partial charge in [-0.05, 0) is 0 Å². The molecule has 43 heavy (non-hydrogen) atoms. The molecule has 3 heteroatoms. The van der Waals surface area contributed by atoms with E-state index in [2.05, 4.69) is 185 Å². The van der Waals surface area contributed by atoms with Crippen LogP contribution >= 0.6 is 0 Å². The standard InChI is InChI=1S/C40H36As2O/c1-40(2,3)43-41-42(34-25-15-7-16-26-34,35-27-17-8-18-28-35)37-30-29-36(31-19-9-4-10-20-31)38(32-21-11-5-12-22-32)39(37)33-23-13-6-14-24-33/h4-30H,1-3H3. The molecule has 1 nitrogen and oxygen atoms in total. The third-order valence-corrected chi connectivity index (χ3v) is 26.8. The van der Waals surface area contributed by atoms with Crippen LogP contribution in [0.3, 0.4) is 0 Å². The minimum atomic E-state index is -3.20. The van der Waals surface area contributed by atoms with Gasteiger partial charge >= 0.3 is 266 Å². The van der Waals surface area contributed by atoms with Crippen LogP contribution in [0.1, 0.15) is 20.8 Å². The quantitative estimate of drug-likeness (QED) is 0.148. The molecule has 0 saturated heterocycles. The van der Waals surface area contributed by atoms with Crippen LogP contribution in [0.4, 0.5) is 0 Å².